The molecule has 8 heteroatoms. The molecule has 88 valence electrons. The molecule has 5 nitrogen and oxygen atoms in total. The number of hydrogen-bond donors (Lipinski definition) is 1. The van der Waals surface area contributed by atoms with E-state index in [0.29, 0.717) is 12.1 Å². The molecule has 0 saturated carbocycles. The molecule has 0 radical (unpaired) electrons. The van der Waals surface area contributed by atoms with Gasteiger partial charge in [-0.2, -0.15) is 0 Å². The minimum absolute atomic E-state index is 0.216. The molecule has 1 aliphatic heterocycles. The number of carbonyl (C=O) groups is 3. The van der Waals surface area contributed by atoms with Gasteiger partial charge < -0.3 is 0 Å². The third-order valence-electron chi connectivity index (χ3n) is 2.05. The summed E-state index contributed by atoms with van der Waals surface area (Å²) in [4.78, 5) is 33.4. The van der Waals surface area contributed by atoms with Crippen molar-refractivity contribution < 1.29 is 27.6 Å². The summed E-state index contributed by atoms with van der Waals surface area (Å²) >= 11 is 0. The van der Waals surface area contributed by atoms with Crippen molar-refractivity contribution in [3.63, 3.8) is 0 Å². The molecule has 17 heavy (non-hydrogen) atoms. The van der Waals surface area contributed by atoms with Crippen molar-refractivity contribution in [2.75, 3.05) is 4.90 Å². The van der Waals surface area contributed by atoms with E-state index >= 15 is 0 Å². The van der Waals surface area contributed by atoms with Crippen LogP contribution in [0.25, 0.3) is 0 Å². The summed E-state index contributed by atoms with van der Waals surface area (Å²) in [5.74, 6) is -7.38. The minimum Gasteiger partial charge on any atom is -0.269 e. The minimum atomic E-state index is -1.73. The number of imide groups is 2. The van der Waals surface area contributed by atoms with E-state index in [1.165, 1.54) is 0 Å². The number of hydrogen-bond acceptors (Lipinski definition) is 3. The summed E-state index contributed by atoms with van der Waals surface area (Å²) in [6.45, 7) is 0. The second-order valence-electron chi connectivity index (χ2n) is 3.12. The quantitative estimate of drug-likeness (QED) is 0.449. The van der Waals surface area contributed by atoms with Crippen LogP contribution in [0.5, 0.6) is 0 Å². The van der Waals surface area contributed by atoms with E-state index in [0.717, 1.165) is 0 Å². The molecule has 2 rings (SSSR count). The largest absolute Gasteiger partial charge is 0.336 e. The Labute approximate surface area is 91.8 Å². The fourth-order valence-corrected chi connectivity index (χ4v) is 1.31. The molecule has 1 saturated heterocycles. The summed E-state index contributed by atoms with van der Waals surface area (Å²) in [7, 11) is 0. The van der Waals surface area contributed by atoms with E-state index in [9.17, 15) is 27.6 Å². The predicted octanol–water partition coefficient (Wildman–Crippen LogP) is 0.687. The summed E-state index contributed by atoms with van der Waals surface area (Å²) in [6, 6.07) is -0.270. The molecule has 0 aromatic heterocycles. The number of nitrogens with one attached hydrogen (secondary N) is 1. The molecular formula is C9H3F3N2O3. The van der Waals surface area contributed by atoms with E-state index in [1.807, 2.05) is 0 Å². The van der Waals surface area contributed by atoms with Crippen LogP contribution in [0.1, 0.15) is 0 Å². The Morgan fingerprint density at radius 3 is 1.94 bits per heavy atom. The zero-order valence-electron chi connectivity index (χ0n) is 7.96. The third-order valence-corrected chi connectivity index (χ3v) is 2.05. The van der Waals surface area contributed by atoms with E-state index in [1.54, 1.807) is 5.32 Å². The SMILES string of the molecule is O=C1NC(=O)N(c2cc(F)c(F)c(F)c2)C1=O. The highest BCUT2D eigenvalue weighted by atomic mass is 19.2. The van der Waals surface area contributed by atoms with Crippen LogP contribution in [0, 0.1) is 17.5 Å². The fourth-order valence-electron chi connectivity index (χ4n) is 1.31. The number of benzene rings is 1. The Morgan fingerprint density at radius 2 is 1.53 bits per heavy atom. The normalized spacial score (nSPS) is 15.5. The van der Waals surface area contributed by atoms with Crippen LogP contribution in [0.4, 0.5) is 23.7 Å². The number of halogens is 3. The Morgan fingerprint density at radius 1 is 1.00 bits per heavy atom. The second kappa shape index (κ2) is 3.58. The van der Waals surface area contributed by atoms with Crippen LogP contribution in [0.15, 0.2) is 12.1 Å². The first-order valence-electron chi connectivity index (χ1n) is 4.25. The van der Waals surface area contributed by atoms with Gasteiger partial charge in [0.1, 0.15) is 0 Å². The van der Waals surface area contributed by atoms with Crippen LogP contribution in [0.2, 0.25) is 0 Å². The van der Waals surface area contributed by atoms with Crippen molar-refractivity contribution in [2.45, 2.75) is 0 Å². The van der Waals surface area contributed by atoms with Crippen LogP contribution in [0.3, 0.4) is 0 Å². The number of carbonyl (C=O) groups excluding carboxylic acids is 3. The van der Waals surface area contributed by atoms with Crippen LogP contribution < -0.4 is 10.2 Å². The molecular weight excluding hydrogens is 241 g/mol. The first kappa shape index (κ1) is 11.1. The monoisotopic (exact) mass is 244 g/mol. The van der Waals surface area contributed by atoms with Crippen molar-refractivity contribution in [1.29, 1.82) is 0 Å². The second-order valence-corrected chi connectivity index (χ2v) is 3.12. The van der Waals surface area contributed by atoms with Gasteiger partial charge in [0.2, 0.25) is 0 Å². The summed E-state index contributed by atoms with van der Waals surface area (Å²) in [6.07, 6.45) is 0. The maximum absolute atomic E-state index is 12.9. The lowest BCUT2D eigenvalue weighted by Gasteiger charge is -2.11. The molecule has 0 unspecified atom stereocenters. The average molecular weight is 244 g/mol. The van der Waals surface area contributed by atoms with Crippen molar-refractivity contribution in [3.8, 4) is 0 Å². The van der Waals surface area contributed by atoms with Crippen LogP contribution in [-0.2, 0) is 9.59 Å². The fraction of sp³-hybridized carbons (Fsp3) is 0. The molecule has 4 amide bonds. The number of amides is 4. The number of anilines is 1. The topological polar surface area (TPSA) is 66.5 Å². The summed E-state index contributed by atoms with van der Waals surface area (Å²) in [5.41, 5.74) is -0.560. The van der Waals surface area contributed by atoms with Crippen molar-refractivity contribution in [2.24, 2.45) is 0 Å². The number of nitrogens with zero attached hydrogens (tertiary/aromatic N) is 1. The van der Waals surface area contributed by atoms with E-state index < -0.39 is 41.0 Å². The molecule has 1 aliphatic rings. The molecule has 1 aromatic rings. The number of rotatable bonds is 1. The standard InChI is InChI=1S/C9H3F3N2O3/c10-4-1-3(2-5(11)6(4)12)14-8(16)7(15)13-9(14)17/h1-2H,(H,13,15,17). The molecule has 1 N–H and O–H groups in total. The Balaban J connectivity index is 2.52. The Hall–Kier alpha value is -2.38. The van der Waals surface area contributed by atoms with Gasteiger partial charge in [-0.1, -0.05) is 0 Å². The summed E-state index contributed by atoms with van der Waals surface area (Å²) < 4.78 is 38.4. The maximum Gasteiger partial charge on any atom is 0.336 e. The van der Waals surface area contributed by atoms with Gasteiger partial charge in [-0.15, -0.1) is 0 Å². The maximum atomic E-state index is 12.9. The number of urea groups is 1. The predicted molar refractivity (Wildman–Crippen MR) is 47.3 cm³/mol. The van der Waals surface area contributed by atoms with Crippen molar-refractivity contribution in [1.82, 2.24) is 5.32 Å². The Kier molecular flexibility index (Phi) is 2.34. The lowest BCUT2D eigenvalue weighted by Crippen LogP contribution is -2.31. The van der Waals surface area contributed by atoms with Gasteiger partial charge in [-0.25, -0.2) is 22.9 Å². The highest BCUT2D eigenvalue weighted by Gasteiger charge is 2.38. The average Bonchev–Trinajstić information content (AvgIpc) is 2.49. The van der Waals surface area contributed by atoms with Gasteiger partial charge in [0, 0.05) is 12.1 Å². The van der Waals surface area contributed by atoms with Gasteiger partial charge in [0.25, 0.3) is 0 Å². The van der Waals surface area contributed by atoms with Gasteiger partial charge >= 0.3 is 17.8 Å². The molecule has 0 spiro atoms. The first-order chi connectivity index (χ1) is 7.91. The third kappa shape index (κ3) is 1.63. The van der Waals surface area contributed by atoms with Crippen molar-refractivity contribution in [3.05, 3.63) is 29.6 Å². The molecule has 1 heterocycles. The Bertz CT molecular complexity index is 535. The van der Waals surface area contributed by atoms with E-state index in [2.05, 4.69) is 0 Å². The molecule has 1 fully saturated rings. The van der Waals surface area contributed by atoms with Crippen molar-refractivity contribution >= 4 is 23.5 Å². The van der Waals surface area contributed by atoms with E-state index in [4.69, 9.17) is 0 Å². The van der Waals surface area contributed by atoms with Gasteiger partial charge in [0.15, 0.2) is 17.5 Å². The van der Waals surface area contributed by atoms with Crippen LogP contribution in [-0.4, -0.2) is 17.8 Å². The van der Waals surface area contributed by atoms with Crippen LogP contribution >= 0.6 is 0 Å². The molecule has 0 atom stereocenters. The zero-order valence-corrected chi connectivity index (χ0v) is 7.96. The van der Waals surface area contributed by atoms with Gasteiger partial charge in [0.05, 0.1) is 5.69 Å². The van der Waals surface area contributed by atoms with Gasteiger partial charge in [-0.3, -0.25) is 14.9 Å². The zero-order chi connectivity index (χ0) is 12.7. The molecule has 0 aliphatic carbocycles. The lowest BCUT2D eigenvalue weighted by atomic mass is 10.2. The van der Waals surface area contributed by atoms with Gasteiger partial charge in [-0.05, 0) is 0 Å². The smallest absolute Gasteiger partial charge is 0.269 e. The molecule has 0 bridgehead atoms. The first-order valence-corrected chi connectivity index (χ1v) is 4.25. The highest BCUT2D eigenvalue weighted by molar-refractivity contribution is 6.53. The molecule has 1 aromatic carbocycles. The van der Waals surface area contributed by atoms with E-state index in [-0.39, 0.29) is 4.90 Å². The summed E-state index contributed by atoms with van der Waals surface area (Å²) in [5, 5.41) is 1.63. The highest BCUT2D eigenvalue weighted by Crippen LogP contribution is 2.22. The lowest BCUT2D eigenvalue weighted by molar-refractivity contribution is -0.134.